The number of anilines is 2. The normalized spacial score (nSPS) is 23.5. The quantitative estimate of drug-likeness (QED) is 0.618. The van der Waals surface area contributed by atoms with Crippen LogP contribution in [0, 0.1) is 25.7 Å². The van der Waals surface area contributed by atoms with Crippen molar-refractivity contribution in [1.29, 1.82) is 0 Å². The number of nitrogens with zero attached hydrogens (tertiary/aromatic N) is 3. The highest BCUT2D eigenvalue weighted by Gasteiger charge is 2.31. The molecule has 2 aliphatic rings. The molecule has 0 bridgehead atoms. The minimum absolute atomic E-state index is 0.103. The Hall–Kier alpha value is -3.11. The van der Waals surface area contributed by atoms with Gasteiger partial charge in [-0.25, -0.2) is 4.79 Å². The molecule has 10 nitrogen and oxygen atoms in total. The van der Waals surface area contributed by atoms with Gasteiger partial charge >= 0.3 is 6.03 Å². The average molecular weight is 514 g/mol. The Kier molecular flexibility index (Phi) is 8.39. The lowest BCUT2D eigenvalue weighted by Crippen LogP contribution is -2.47. The van der Waals surface area contributed by atoms with Crippen molar-refractivity contribution in [2.24, 2.45) is 11.8 Å². The lowest BCUT2D eigenvalue weighted by Gasteiger charge is -2.36. The fraction of sp³-hybridized carbons (Fsp3) is 0.593. The predicted octanol–water partition coefficient (Wildman–Crippen LogP) is 4.15. The van der Waals surface area contributed by atoms with E-state index in [2.05, 4.69) is 34.5 Å². The molecule has 0 radical (unpaired) electrons. The molecule has 1 saturated carbocycles. The van der Waals surface area contributed by atoms with Crippen molar-refractivity contribution >= 4 is 23.3 Å². The second-order valence-corrected chi connectivity index (χ2v) is 10.5. The summed E-state index contributed by atoms with van der Waals surface area (Å²) in [5.74, 6) is 1.81. The van der Waals surface area contributed by atoms with Crippen molar-refractivity contribution in [2.45, 2.75) is 52.7 Å². The molecule has 202 valence electrons. The van der Waals surface area contributed by atoms with Crippen molar-refractivity contribution in [3.05, 3.63) is 35.2 Å². The second-order valence-electron chi connectivity index (χ2n) is 10.5. The average Bonchev–Trinajstić information content (AvgIpc) is 3.64. The highest BCUT2D eigenvalue weighted by molar-refractivity contribution is 6.02. The van der Waals surface area contributed by atoms with Crippen molar-refractivity contribution < 1.29 is 23.6 Å². The molecular formula is C27H39N5O5. The minimum Gasteiger partial charge on any atom is -0.491 e. The van der Waals surface area contributed by atoms with Crippen LogP contribution >= 0.6 is 0 Å². The van der Waals surface area contributed by atoms with E-state index in [0.717, 1.165) is 19.0 Å². The molecule has 1 aromatic carbocycles. The first-order valence-corrected chi connectivity index (χ1v) is 13.0. The maximum Gasteiger partial charge on any atom is 0.323 e. The van der Waals surface area contributed by atoms with Crippen molar-refractivity contribution in [3.63, 3.8) is 0 Å². The van der Waals surface area contributed by atoms with Gasteiger partial charge in [-0.05, 0) is 63.6 Å². The predicted molar refractivity (Wildman–Crippen MR) is 141 cm³/mol. The number of hydrogen-bond donors (Lipinski definition) is 2. The van der Waals surface area contributed by atoms with Gasteiger partial charge in [0.25, 0.3) is 5.91 Å². The molecule has 1 aromatic heterocycles. The molecule has 2 heterocycles. The number of nitrogens with one attached hydrogen (secondary N) is 2. The van der Waals surface area contributed by atoms with Crippen LogP contribution in [0.5, 0.6) is 5.75 Å². The number of amides is 3. The third kappa shape index (κ3) is 6.61. The lowest BCUT2D eigenvalue weighted by molar-refractivity contribution is 0.00994. The number of benzene rings is 1. The number of rotatable bonds is 5. The van der Waals surface area contributed by atoms with E-state index in [9.17, 15) is 9.59 Å². The SMILES string of the molecule is CO[C@H]1CN(C)C(=O)c2cc(NC(=O)Nc3c(C)noc3C)ccc2OC[C@H](C)N(CC2CC2)C[C@@H]1C. The second kappa shape index (κ2) is 11.5. The third-order valence-corrected chi connectivity index (χ3v) is 7.29. The van der Waals surface area contributed by atoms with Gasteiger partial charge in [-0.15, -0.1) is 0 Å². The molecule has 1 fully saturated rings. The number of carbonyl (C=O) groups excluding carboxylic acids is 2. The van der Waals surface area contributed by atoms with E-state index in [1.165, 1.54) is 12.8 Å². The Balaban J connectivity index is 1.57. The smallest absolute Gasteiger partial charge is 0.323 e. The fourth-order valence-electron chi connectivity index (χ4n) is 4.75. The van der Waals surface area contributed by atoms with E-state index >= 15 is 0 Å². The van der Waals surface area contributed by atoms with Gasteiger partial charge < -0.3 is 29.5 Å². The highest BCUT2D eigenvalue weighted by Crippen LogP contribution is 2.32. The summed E-state index contributed by atoms with van der Waals surface area (Å²) in [5, 5.41) is 9.41. The van der Waals surface area contributed by atoms with Crippen LogP contribution in [0.25, 0.3) is 0 Å². The van der Waals surface area contributed by atoms with E-state index in [0.29, 0.717) is 47.3 Å². The van der Waals surface area contributed by atoms with Crippen molar-refractivity contribution in [2.75, 3.05) is 51.0 Å². The highest BCUT2D eigenvalue weighted by atomic mass is 16.5. The summed E-state index contributed by atoms with van der Waals surface area (Å²) in [6.45, 7) is 10.7. The molecular weight excluding hydrogens is 474 g/mol. The van der Waals surface area contributed by atoms with Crippen LogP contribution < -0.4 is 15.4 Å². The topological polar surface area (TPSA) is 109 Å². The molecule has 4 rings (SSSR count). The van der Waals surface area contributed by atoms with Crippen LogP contribution in [0.3, 0.4) is 0 Å². The largest absolute Gasteiger partial charge is 0.491 e. The maximum atomic E-state index is 13.5. The summed E-state index contributed by atoms with van der Waals surface area (Å²) in [5.41, 5.74) is 1.97. The van der Waals surface area contributed by atoms with Crippen LogP contribution in [0.15, 0.2) is 22.7 Å². The Morgan fingerprint density at radius 3 is 2.59 bits per heavy atom. The summed E-state index contributed by atoms with van der Waals surface area (Å²) in [6, 6.07) is 4.86. The zero-order chi connectivity index (χ0) is 26.7. The summed E-state index contributed by atoms with van der Waals surface area (Å²) < 4.78 is 17.2. The molecule has 3 atom stereocenters. The van der Waals surface area contributed by atoms with Gasteiger partial charge in [0.05, 0.1) is 11.7 Å². The molecule has 1 aliphatic carbocycles. The lowest BCUT2D eigenvalue weighted by atomic mass is 10.0. The molecule has 3 amide bonds. The summed E-state index contributed by atoms with van der Waals surface area (Å²) in [7, 11) is 3.47. The number of hydrogen-bond acceptors (Lipinski definition) is 7. The van der Waals surface area contributed by atoms with Gasteiger partial charge in [0.1, 0.15) is 23.7 Å². The fourth-order valence-corrected chi connectivity index (χ4v) is 4.75. The molecule has 2 aromatic rings. The molecule has 1 aliphatic heterocycles. The van der Waals surface area contributed by atoms with Gasteiger partial charge in [-0.2, -0.15) is 0 Å². The zero-order valence-electron chi connectivity index (χ0n) is 22.7. The summed E-state index contributed by atoms with van der Waals surface area (Å²) in [4.78, 5) is 30.3. The Labute approximate surface area is 218 Å². The number of urea groups is 1. The first kappa shape index (κ1) is 26.9. The number of aromatic nitrogens is 1. The first-order chi connectivity index (χ1) is 17.7. The van der Waals surface area contributed by atoms with Crippen LogP contribution in [-0.4, -0.2) is 79.4 Å². The molecule has 37 heavy (non-hydrogen) atoms. The number of ether oxygens (including phenoxy) is 2. The Bertz CT molecular complexity index is 1100. The number of aryl methyl sites for hydroxylation is 2. The van der Waals surface area contributed by atoms with Gasteiger partial charge in [-0.1, -0.05) is 12.1 Å². The number of methoxy groups -OCH3 is 1. The number of likely N-dealkylation sites (N-methyl/N-ethyl adjacent to an activating group) is 1. The van der Waals surface area contributed by atoms with E-state index in [4.69, 9.17) is 14.0 Å². The van der Waals surface area contributed by atoms with Crippen LogP contribution in [0.2, 0.25) is 0 Å². The molecule has 2 N–H and O–H groups in total. The molecule has 0 spiro atoms. The van der Waals surface area contributed by atoms with Crippen LogP contribution in [0.1, 0.15) is 48.5 Å². The van der Waals surface area contributed by atoms with E-state index < -0.39 is 6.03 Å². The van der Waals surface area contributed by atoms with Crippen LogP contribution in [0.4, 0.5) is 16.2 Å². The van der Waals surface area contributed by atoms with E-state index in [1.807, 2.05) is 0 Å². The summed E-state index contributed by atoms with van der Waals surface area (Å²) >= 11 is 0. The van der Waals surface area contributed by atoms with Crippen molar-refractivity contribution in [3.8, 4) is 5.75 Å². The molecule has 0 unspecified atom stereocenters. The Morgan fingerprint density at radius 1 is 1.19 bits per heavy atom. The van der Waals surface area contributed by atoms with Gasteiger partial charge in [0.2, 0.25) is 0 Å². The first-order valence-electron chi connectivity index (χ1n) is 13.0. The summed E-state index contributed by atoms with van der Waals surface area (Å²) in [6.07, 6.45) is 2.46. The monoisotopic (exact) mass is 513 g/mol. The van der Waals surface area contributed by atoms with Gasteiger partial charge in [-0.3, -0.25) is 9.69 Å². The van der Waals surface area contributed by atoms with Crippen LogP contribution in [-0.2, 0) is 4.74 Å². The third-order valence-electron chi connectivity index (χ3n) is 7.29. The number of fused-ring (bicyclic) bond motifs is 1. The van der Waals surface area contributed by atoms with Crippen molar-refractivity contribution in [1.82, 2.24) is 15.0 Å². The Morgan fingerprint density at radius 2 is 1.95 bits per heavy atom. The molecule has 10 heteroatoms. The van der Waals surface area contributed by atoms with E-state index in [1.54, 1.807) is 51.1 Å². The van der Waals surface area contributed by atoms with Gasteiger partial charge in [0, 0.05) is 45.5 Å². The standard InChI is InChI=1S/C27H39N5O5/c1-16-12-32(13-20-7-8-20)17(2)15-36-23-10-9-21(11-22(23)26(33)31(5)14-24(16)35-6)28-27(34)29-25-18(3)30-37-19(25)4/h9-11,16-17,20,24H,7-8,12-15H2,1-6H3,(H2,28,29,34)/t16-,17-,24-/m0/s1. The van der Waals surface area contributed by atoms with Gasteiger partial charge in [0.15, 0.2) is 5.76 Å². The molecule has 0 saturated heterocycles. The zero-order valence-corrected chi connectivity index (χ0v) is 22.7. The maximum absolute atomic E-state index is 13.5. The van der Waals surface area contributed by atoms with E-state index in [-0.39, 0.29) is 24.0 Å². The number of carbonyl (C=O) groups is 2. The minimum atomic E-state index is -0.457.